The summed E-state index contributed by atoms with van der Waals surface area (Å²) in [5, 5.41) is 18.3. The Labute approximate surface area is 112 Å². The number of aliphatic hydroxyl groups excluding tert-OH is 1. The van der Waals surface area contributed by atoms with Crippen LogP contribution >= 0.6 is 0 Å². The van der Waals surface area contributed by atoms with Crippen LogP contribution in [0.4, 0.5) is 0 Å². The van der Waals surface area contributed by atoms with E-state index in [0.29, 0.717) is 19.5 Å². The molecule has 0 bridgehead atoms. The Morgan fingerprint density at radius 1 is 1.37 bits per heavy atom. The summed E-state index contributed by atoms with van der Waals surface area (Å²) in [7, 11) is 0. The molecule has 1 aromatic carbocycles. The molecule has 2 N–H and O–H groups in total. The van der Waals surface area contributed by atoms with Crippen molar-refractivity contribution >= 4 is 5.91 Å². The molecular formula is C14H19NO4. The van der Waals surface area contributed by atoms with Gasteiger partial charge in [-0.1, -0.05) is 12.1 Å². The Hall–Kier alpha value is -1.59. The molecule has 0 spiro atoms. The smallest absolute Gasteiger partial charge is 0.248 e. The number of aromatic hydroxyl groups is 1. The number of phenolic OH excluding ortho intramolecular Hbond substituents is 1. The standard InChI is InChI=1S/C14H19NO4/c1-14(6-7-16)10-15(13(18)9-19-14)8-11-2-4-12(17)5-3-11/h2-5,16-17H,6-10H2,1H3. The molecule has 1 fully saturated rings. The summed E-state index contributed by atoms with van der Waals surface area (Å²) in [6.45, 7) is 2.95. The molecule has 0 radical (unpaired) electrons. The van der Waals surface area contributed by atoms with Crippen molar-refractivity contribution in [1.29, 1.82) is 0 Å². The third-order valence-corrected chi connectivity index (χ3v) is 3.37. The van der Waals surface area contributed by atoms with Crippen LogP contribution in [0.5, 0.6) is 5.75 Å². The zero-order chi connectivity index (χ0) is 13.9. The van der Waals surface area contributed by atoms with Crippen LogP contribution in [-0.4, -0.2) is 46.4 Å². The summed E-state index contributed by atoms with van der Waals surface area (Å²) >= 11 is 0. The lowest BCUT2D eigenvalue weighted by molar-refractivity contribution is -0.164. The van der Waals surface area contributed by atoms with Crippen molar-refractivity contribution < 1.29 is 19.7 Å². The van der Waals surface area contributed by atoms with E-state index in [9.17, 15) is 9.90 Å². The van der Waals surface area contributed by atoms with E-state index >= 15 is 0 Å². The molecular weight excluding hydrogens is 246 g/mol. The summed E-state index contributed by atoms with van der Waals surface area (Å²) < 4.78 is 5.51. The largest absolute Gasteiger partial charge is 0.508 e. The van der Waals surface area contributed by atoms with E-state index in [4.69, 9.17) is 9.84 Å². The molecule has 1 aliphatic rings. The number of rotatable bonds is 4. The summed E-state index contributed by atoms with van der Waals surface area (Å²) in [4.78, 5) is 13.6. The number of aliphatic hydroxyl groups is 1. The molecule has 1 amide bonds. The highest BCUT2D eigenvalue weighted by molar-refractivity contribution is 5.78. The lowest BCUT2D eigenvalue weighted by Crippen LogP contribution is -2.53. The van der Waals surface area contributed by atoms with Gasteiger partial charge >= 0.3 is 0 Å². The predicted molar refractivity (Wildman–Crippen MR) is 69.6 cm³/mol. The monoisotopic (exact) mass is 265 g/mol. The number of morpholine rings is 1. The molecule has 1 atom stereocenters. The third kappa shape index (κ3) is 3.45. The lowest BCUT2D eigenvalue weighted by atomic mass is 9.99. The highest BCUT2D eigenvalue weighted by Crippen LogP contribution is 2.23. The molecule has 5 nitrogen and oxygen atoms in total. The van der Waals surface area contributed by atoms with Gasteiger partial charge in [0.2, 0.25) is 5.91 Å². The van der Waals surface area contributed by atoms with Gasteiger partial charge in [-0.3, -0.25) is 4.79 Å². The van der Waals surface area contributed by atoms with E-state index in [1.807, 2.05) is 6.92 Å². The number of benzene rings is 1. The number of ether oxygens (including phenoxy) is 1. The van der Waals surface area contributed by atoms with Gasteiger partial charge in [-0.15, -0.1) is 0 Å². The van der Waals surface area contributed by atoms with Crippen molar-refractivity contribution in [2.45, 2.75) is 25.5 Å². The topological polar surface area (TPSA) is 70.0 Å². The van der Waals surface area contributed by atoms with Crippen LogP contribution in [0.15, 0.2) is 24.3 Å². The molecule has 0 aromatic heterocycles. The molecule has 1 heterocycles. The Balaban J connectivity index is 2.05. The molecule has 1 unspecified atom stereocenters. The van der Waals surface area contributed by atoms with Crippen LogP contribution in [0.3, 0.4) is 0 Å². The highest BCUT2D eigenvalue weighted by Gasteiger charge is 2.35. The van der Waals surface area contributed by atoms with E-state index in [0.717, 1.165) is 5.56 Å². The van der Waals surface area contributed by atoms with Gasteiger partial charge in [-0.2, -0.15) is 0 Å². The van der Waals surface area contributed by atoms with Crippen molar-refractivity contribution in [3.8, 4) is 5.75 Å². The van der Waals surface area contributed by atoms with Crippen LogP contribution in [0, 0.1) is 0 Å². The number of hydrogen-bond donors (Lipinski definition) is 2. The van der Waals surface area contributed by atoms with Crippen LogP contribution in [0.1, 0.15) is 18.9 Å². The number of nitrogens with zero attached hydrogens (tertiary/aromatic N) is 1. The molecule has 1 aromatic rings. The van der Waals surface area contributed by atoms with Crippen molar-refractivity contribution in [2.24, 2.45) is 0 Å². The molecule has 1 aliphatic heterocycles. The van der Waals surface area contributed by atoms with E-state index in [2.05, 4.69) is 0 Å². The van der Waals surface area contributed by atoms with Gasteiger partial charge in [-0.25, -0.2) is 0 Å². The fourth-order valence-electron chi connectivity index (χ4n) is 2.22. The molecule has 1 saturated heterocycles. The highest BCUT2D eigenvalue weighted by atomic mass is 16.5. The lowest BCUT2D eigenvalue weighted by Gasteiger charge is -2.40. The maximum atomic E-state index is 11.8. The Kier molecular flexibility index (Phi) is 4.07. The van der Waals surface area contributed by atoms with E-state index in [1.165, 1.54) is 0 Å². The third-order valence-electron chi connectivity index (χ3n) is 3.37. The number of hydrogen-bond acceptors (Lipinski definition) is 4. The van der Waals surface area contributed by atoms with Crippen LogP contribution in [-0.2, 0) is 16.1 Å². The molecule has 0 aliphatic carbocycles. The Bertz CT molecular complexity index is 445. The number of amides is 1. The first-order valence-electron chi connectivity index (χ1n) is 6.33. The maximum Gasteiger partial charge on any atom is 0.248 e. The van der Waals surface area contributed by atoms with Gasteiger partial charge in [0.25, 0.3) is 0 Å². The zero-order valence-corrected chi connectivity index (χ0v) is 11.0. The minimum absolute atomic E-state index is 0.0394. The minimum atomic E-state index is -0.487. The Morgan fingerprint density at radius 3 is 2.68 bits per heavy atom. The number of carbonyl (C=O) groups is 1. The quantitative estimate of drug-likeness (QED) is 0.848. The first-order valence-corrected chi connectivity index (χ1v) is 6.33. The summed E-state index contributed by atoms with van der Waals surface area (Å²) in [5.41, 5.74) is 0.471. The van der Waals surface area contributed by atoms with Gasteiger partial charge in [0, 0.05) is 26.1 Å². The Morgan fingerprint density at radius 2 is 2.05 bits per heavy atom. The number of phenols is 1. The van der Waals surface area contributed by atoms with E-state index < -0.39 is 5.60 Å². The van der Waals surface area contributed by atoms with Crippen molar-refractivity contribution in [3.05, 3.63) is 29.8 Å². The normalized spacial score (nSPS) is 23.7. The van der Waals surface area contributed by atoms with Gasteiger partial charge in [0.05, 0.1) is 5.60 Å². The van der Waals surface area contributed by atoms with Crippen molar-refractivity contribution in [1.82, 2.24) is 4.90 Å². The van der Waals surface area contributed by atoms with E-state index in [1.54, 1.807) is 29.2 Å². The minimum Gasteiger partial charge on any atom is -0.508 e. The van der Waals surface area contributed by atoms with Crippen molar-refractivity contribution in [2.75, 3.05) is 19.8 Å². The molecule has 104 valence electrons. The summed E-state index contributed by atoms with van der Waals surface area (Å²) in [6.07, 6.45) is 0.506. The van der Waals surface area contributed by atoms with Crippen LogP contribution in [0.2, 0.25) is 0 Å². The average Bonchev–Trinajstić information content (AvgIpc) is 2.37. The first-order chi connectivity index (χ1) is 9.02. The number of carbonyl (C=O) groups excluding carboxylic acids is 1. The van der Waals surface area contributed by atoms with Crippen LogP contribution < -0.4 is 0 Å². The predicted octanol–water partition coefficient (Wildman–Crippen LogP) is 0.892. The molecule has 5 heteroatoms. The van der Waals surface area contributed by atoms with E-state index in [-0.39, 0.29) is 24.9 Å². The molecule has 19 heavy (non-hydrogen) atoms. The second kappa shape index (κ2) is 5.59. The second-order valence-electron chi connectivity index (χ2n) is 5.13. The summed E-state index contributed by atoms with van der Waals surface area (Å²) in [6, 6.07) is 6.79. The van der Waals surface area contributed by atoms with Gasteiger partial charge in [0.15, 0.2) is 0 Å². The first kappa shape index (κ1) is 13.8. The molecule has 2 rings (SSSR count). The maximum absolute atomic E-state index is 11.8. The molecule has 0 saturated carbocycles. The van der Waals surface area contributed by atoms with Crippen LogP contribution in [0.25, 0.3) is 0 Å². The summed E-state index contributed by atoms with van der Waals surface area (Å²) in [5.74, 6) is 0.158. The van der Waals surface area contributed by atoms with Crippen molar-refractivity contribution in [3.63, 3.8) is 0 Å². The average molecular weight is 265 g/mol. The second-order valence-corrected chi connectivity index (χ2v) is 5.13. The fraction of sp³-hybridized carbons (Fsp3) is 0.500. The zero-order valence-electron chi connectivity index (χ0n) is 11.0. The fourth-order valence-corrected chi connectivity index (χ4v) is 2.22. The van der Waals surface area contributed by atoms with Gasteiger partial charge < -0.3 is 19.8 Å². The SMILES string of the molecule is CC1(CCO)CN(Cc2ccc(O)cc2)C(=O)CO1. The van der Waals surface area contributed by atoms with Gasteiger partial charge in [0.1, 0.15) is 12.4 Å². The van der Waals surface area contributed by atoms with Gasteiger partial charge in [-0.05, 0) is 24.6 Å².